The van der Waals surface area contributed by atoms with Gasteiger partial charge in [-0.3, -0.25) is 13.9 Å². The molecule has 0 saturated carbocycles. The molecule has 3 rings (SSSR count). The van der Waals surface area contributed by atoms with E-state index in [1.165, 1.54) is 11.9 Å². The third-order valence-electron chi connectivity index (χ3n) is 5.54. The maximum Gasteiger partial charge on any atom is 0.244 e. The summed E-state index contributed by atoms with van der Waals surface area (Å²) in [6.45, 7) is 1.61. The third kappa shape index (κ3) is 5.70. The molecule has 0 aliphatic carbocycles. The molecule has 3 aromatic rings. The minimum Gasteiger partial charge on any atom is -0.357 e. The highest BCUT2D eigenvalue weighted by Gasteiger charge is 2.31. The van der Waals surface area contributed by atoms with Crippen LogP contribution in [0.2, 0.25) is 0 Å². The summed E-state index contributed by atoms with van der Waals surface area (Å²) in [5, 5.41) is 4.21. The van der Waals surface area contributed by atoms with Crippen LogP contribution in [0.3, 0.4) is 0 Å². The van der Waals surface area contributed by atoms with Crippen LogP contribution < -0.4 is 9.62 Å². The van der Waals surface area contributed by atoms with E-state index in [9.17, 15) is 18.0 Å². The largest absolute Gasteiger partial charge is 0.357 e. The molecule has 8 heteroatoms. The molecule has 1 atom stereocenters. The first-order valence-electron chi connectivity index (χ1n) is 10.8. The smallest absolute Gasteiger partial charge is 0.244 e. The molecule has 0 unspecified atom stereocenters. The van der Waals surface area contributed by atoms with E-state index in [0.717, 1.165) is 26.9 Å². The zero-order valence-corrected chi connectivity index (χ0v) is 19.9. The van der Waals surface area contributed by atoms with Crippen molar-refractivity contribution in [2.45, 2.75) is 25.9 Å². The highest BCUT2D eigenvalue weighted by atomic mass is 32.2. The van der Waals surface area contributed by atoms with Gasteiger partial charge in [-0.1, -0.05) is 73.7 Å². The number of anilines is 1. The van der Waals surface area contributed by atoms with Crippen LogP contribution >= 0.6 is 0 Å². The lowest BCUT2D eigenvalue weighted by Gasteiger charge is -2.32. The number of nitrogens with one attached hydrogen (secondary N) is 1. The molecule has 1 N–H and O–H groups in total. The Kier molecular flexibility index (Phi) is 7.71. The summed E-state index contributed by atoms with van der Waals surface area (Å²) in [4.78, 5) is 27.6. The number of hydrogen-bond acceptors (Lipinski definition) is 4. The van der Waals surface area contributed by atoms with Gasteiger partial charge in [0.15, 0.2) is 0 Å². The molecule has 0 bridgehead atoms. The number of fused-ring (bicyclic) bond motifs is 1. The monoisotopic (exact) mass is 467 g/mol. The van der Waals surface area contributed by atoms with Gasteiger partial charge in [0, 0.05) is 19.0 Å². The Morgan fingerprint density at radius 3 is 2.21 bits per heavy atom. The van der Waals surface area contributed by atoms with Gasteiger partial charge in [-0.25, -0.2) is 8.42 Å². The van der Waals surface area contributed by atoms with Crippen LogP contribution in [0.5, 0.6) is 0 Å². The zero-order chi connectivity index (χ0) is 24.0. The molecular weight excluding hydrogens is 438 g/mol. The Balaban J connectivity index is 2.02. The van der Waals surface area contributed by atoms with Crippen LogP contribution in [0, 0.1) is 0 Å². The SMILES string of the molecule is CC[C@H](C(=O)NC)N(Cc1ccccc1)C(=O)CN(c1cccc2ccccc12)S(C)(=O)=O. The van der Waals surface area contributed by atoms with Crippen molar-refractivity contribution in [3.8, 4) is 0 Å². The van der Waals surface area contributed by atoms with Crippen molar-refractivity contribution in [2.75, 3.05) is 24.2 Å². The van der Waals surface area contributed by atoms with Crippen molar-refractivity contribution in [2.24, 2.45) is 0 Å². The lowest BCUT2D eigenvalue weighted by atomic mass is 10.1. The first kappa shape index (κ1) is 24.3. The van der Waals surface area contributed by atoms with Gasteiger partial charge in [-0.15, -0.1) is 0 Å². The molecule has 0 aliphatic heterocycles. The molecule has 0 heterocycles. The van der Waals surface area contributed by atoms with Crippen LogP contribution in [-0.2, 0) is 26.2 Å². The molecule has 174 valence electrons. The standard InChI is InChI=1S/C25H29N3O4S/c1-4-22(25(30)26-2)27(17-19-11-6-5-7-12-19)24(29)18-28(33(3,31)32)23-16-10-14-20-13-8-9-15-21(20)23/h5-16,22H,4,17-18H2,1-3H3,(H,26,30)/t22-/m1/s1. The van der Waals surface area contributed by atoms with Gasteiger partial charge in [0.1, 0.15) is 12.6 Å². The molecule has 2 amide bonds. The average molecular weight is 468 g/mol. The molecule has 0 fully saturated rings. The fraction of sp³-hybridized carbons (Fsp3) is 0.280. The minimum absolute atomic E-state index is 0.193. The summed E-state index contributed by atoms with van der Waals surface area (Å²) in [5.74, 6) is -0.745. The molecular formula is C25H29N3O4S. The number of likely N-dealkylation sites (N-methyl/N-ethyl adjacent to an activating group) is 1. The first-order chi connectivity index (χ1) is 15.8. The third-order valence-corrected chi connectivity index (χ3v) is 6.67. The summed E-state index contributed by atoms with van der Waals surface area (Å²) in [6.07, 6.45) is 1.48. The number of carbonyl (C=O) groups excluding carboxylic acids is 2. The lowest BCUT2D eigenvalue weighted by Crippen LogP contribution is -2.51. The van der Waals surface area contributed by atoms with Crippen molar-refractivity contribution < 1.29 is 18.0 Å². The lowest BCUT2D eigenvalue weighted by molar-refractivity contribution is -0.140. The van der Waals surface area contributed by atoms with Gasteiger partial charge < -0.3 is 10.2 Å². The molecule has 33 heavy (non-hydrogen) atoms. The number of rotatable bonds is 9. The number of amides is 2. The minimum atomic E-state index is -3.78. The first-order valence-corrected chi connectivity index (χ1v) is 12.6. The van der Waals surface area contributed by atoms with Gasteiger partial charge >= 0.3 is 0 Å². The second-order valence-electron chi connectivity index (χ2n) is 7.81. The maximum absolute atomic E-state index is 13.6. The number of hydrogen-bond donors (Lipinski definition) is 1. The van der Waals surface area contributed by atoms with Crippen molar-refractivity contribution in [3.05, 3.63) is 78.4 Å². The summed E-state index contributed by atoms with van der Waals surface area (Å²) in [5.41, 5.74) is 1.28. The molecule has 0 aromatic heterocycles. The Bertz CT molecular complexity index is 1220. The Hall–Kier alpha value is -3.39. The van der Waals surface area contributed by atoms with Gasteiger partial charge in [0.25, 0.3) is 0 Å². The van der Waals surface area contributed by atoms with Crippen molar-refractivity contribution in [1.29, 1.82) is 0 Å². The Morgan fingerprint density at radius 2 is 1.58 bits per heavy atom. The topological polar surface area (TPSA) is 86.8 Å². The van der Waals surface area contributed by atoms with E-state index in [1.807, 2.05) is 67.6 Å². The van der Waals surface area contributed by atoms with Crippen molar-refractivity contribution in [3.63, 3.8) is 0 Å². The van der Waals surface area contributed by atoms with Crippen LogP contribution in [0.15, 0.2) is 72.8 Å². The quantitative estimate of drug-likeness (QED) is 0.524. The molecule has 3 aromatic carbocycles. The van der Waals surface area contributed by atoms with E-state index in [1.54, 1.807) is 12.1 Å². The van der Waals surface area contributed by atoms with E-state index in [0.29, 0.717) is 12.1 Å². The highest BCUT2D eigenvalue weighted by molar-refractivity contribution is 7.92. The maximum atomic E-state index is 13.6. The number of carbonyl (C=O) groups is 2. The predicted molar refractivity (Wildman–Crippen MR) is 131 cm³/mol. The van der Waals surface area contributed by atoms with Gasteiger partial charge in [-0.05, 0) is 23.4 Å². The van der Waals surface area contributed by atoms with Crippen molar-refractivity contribution in [1.82, 2.24) is 10.2 Å². The van der Waals surface area contributed by atoms with Crippen LogP contribution in [0.25, 0.3) is 10.8 Å². The molecule has 7 nitrogen and oxygen atoms in total. The van der Waals surface area contributed by atoms with Crippen molar-refractivity contribution >= 4 is 38.3 Å². The number of sulfonamides is 1. The second kappa shape index (κ2) is 10.5. The summed E-state index contributed by atoms with van der Waals surface area (Å²) < 4.78 is 26.7. The van der Waals surface area contributed by atoms with Gasteiger partial charge in [0.2, 0.25) is 21.8 Å². The van der Waals surface area contributed by atoms with Gasteiger partial charge in [0.05, 0.1) is 11.9 Å². The normalized spacial score (nSPS) is 12.2. The molecule has 0 radical (unpaired) electrons. The fourth-order valence-electron chi connectivity index (χ4n) is 3.89. The van der Waals surface area contributed by atoms with E-state index in [-0.39, 0.29) is 12.5 Å². The van der Waals surface area contributed by atoms with E-state index >= 15 is 0 Å². The fourth-order valence-corrected chi connectivity index (χ4v) is 4.75. The highest BCUT2D eigenvalue weighted by Crippen LogP contribution is 2.28. The molecule has 0 saturated heterocycles. The van der Waals surface area contributed by atoms with E-state index in [4.69, 9.17) is 0 Å². The molecule has 0 spiro atoms. The second-order valence-corrected chi connectivity index (χ2v) is 9.72. The van der Waals surface area contributed by atoms with E-state index < -0.39 is 28.5 Å². The predicted octanol–water partition coefficient (Wildman–Crippen LogP) is 3.16. The van der Waals surface area contributed by atoms with E-state index in [2.05, 4.69) is 5.32 Å². The van der Waals surface area contributed by atoms with Gasteiger partial charge in [-0.2, -0.15) is 0 Å². The summed E-state index contributed by atoms with van der Waals surface area (Å²) in [6, 6.07) is 21.4. The number of benzene rings is 3. The average Bonchev–Trinajstić information content (AvgIpc) is 2.81. The summed E-state index contributed by atoms with van der Waals surface area (Å²) >= 11 is 0. The van der Waals surface area contributed by atoms with Crippen LogP contribution in [0.4, 0.5) is 5.69 Å². The summed E-state index contributed by atoms with van der Waals surface area (Å²) in [7, 11) is -2.26. The number of nitrogens with zero attached hydrogens (tertiary/aromatic N) is 2. The van der Waals surface area contributed by atoms with Crippen LogP contribution in [-0.4, -0.2) is 51.0 Å². The Labute approximate surface area is 195 Å². The van der Waals surface area contributed by atoms with Crippen LogP contribution in [0.1, 0.15) is 18.9 Å². The molecule has 0 aliphatic rings. The zero-order valence-electron chi connectivity index (χ0n) is 19.1. The Morgan fingerprint density at radius 1 is 0.939 bits per heavy atom.